The zero-order chi connectivity index (χ0) is 21.0. The third-order valence-corrected chi connectivity index (χ3v) is 3.36. The Bertz CT molecular complexity index is 759. The van der Waals surface area contributed by atoms with Crippen LogP contribution >= 0.6 is 0 Å². The molecule has 1 aromatic carbocycles. The second-order valence-electron chi connectivity index (χ2n) is 6.57. The standard InChI is InChI=1S/C18H19F3O6/c1-17(2,3)16(25)27-14(15(23)24)12-9-11(18(19,20)21)7-5-10(12)6-8-13(22)26-4/h5-9,14H,1-4H3,(H,23,24)/b8-6+/t14-/m0/s1. The Morgan fingerprint density at radius 1 is 1.15 bits per heavy atom. The van der Waals surface area contributed by atoms with Gasteiger partial charge in [-0.25, -0.2) is 9.59 Å². The van der Waals surface area contributed by atoms with E-state index < -0.39 is 46.7 Å². The van der Waals surface area contributed by atoms with Gasteiger partial charge in [0.2, 0.25) is 6.10 Å². The van der Waals surface area contributed by atoms with Crippen molar-refractivity contribution >= 4 is 24.0 Å². The molecule has 27 heavy (non-hydrogen) atoms. The first-order valence-electron chi connectivity index (χ1n) is 7.68. The number of carbonyl (C=O) groups is 3. The number of hydrogen-bond acceptors (Lipinski definition) is 5. The Labute approximate surface area is 153 Å². The number of alkyl halides is 3. The van der Waals surface area contributed by atoms with E-state index >= 15 is 0 Å². The van der Waals surface area contributed by atoms with Crippen LogP contribution in [0.25, 0.3) is 6.08 Å². The molecule has 1 aromatic rings. The van der Waals surface area contributed by atoms with Crippen LogP contribution in [0.1, 0.15) is 43.6 Å². The normalized spacial score (nSPS) is 13.3. The number of carbonyl (C=O) groups excluding carboxylic acids is 2. The first kappa shape index (κ1) is 22.2. The minimum Gasteiger partial charge on any atom is -0.478 e. The van der Waals surface area contributed by atoms with E-state index in [2.05, 4.69) is 4.74 Å². The molecule has 0 fully saturated rings. The van der Waals surface area contributed by atoms with Crippen molar-refractivity contribution in [2.75, 3.05) is 7.11 Å². The average molecular weight is 388 g/mol. The Hall–Kier alpha value is -2.84. The van der Waals surface area contributed by atoms with Crippen molar-refractivity contribution in [2.24, 2.45) is 5.41 Å². The van der Waals surface area contributed by atoms with Gasteiger partial charge in [-0.1, -0.05) is 6.07 Å². The largest absolute Gasteiger partial charge is 0.478 e. The predicted molar refractivity (Wildman–Crippen MR) is 88.4 cm³/mol. The highest BCUT2D eigenvalue weighted by molar-refractivity contribution is 5.88. The fraction of sp³-hybridized carbons (Fsp3) is 0.389. The minimum absolute atomic E-state index is 0.0393. The molecule has 0 bridgehead atoms. The van der Waals surface area contributed by atoms with Gasteiger partial charge in [0.1, 0.15) is 0 Å². The maximum atomic E-state index is 13.0. The number of carboxylic acid groups (broad SMARTS) is 1. The van der Waals surface area contributed by atoms with E-state index in [1.807, 2.05) is 0 Å². The van der Waals surface area contributed by atoms with Crippen molar-refractivity contribution in [1.29, 1.82) is 0 Å². The molecular formula is C18H19F3O6. The molecule has 0 radical (unpaired) electrons. The van der Waals surface area contributed by atoms with Crippen molar-refractivity contribution in [2.45, 2.75) is 33.1 Å². The molecule has 0 aliphatic heterocycles. The van der Waals surface area contributed by atoms with Crippen LogP contribution in [0.2, 0.25) is 0 Å². The van der Waals surface area contributed by atoms with Gasteiger partial charge in [0, 0.05) is 11.6 Å². The van der Waals surface area contributed by atoms with Gasteiger partial charge >= 0.3 is 24.1 Å². The summed E-state index contributed by atoms with van der Waals surface area (Å²) < 4.78 is 48.5. The summed E-state index contributed by atoms with van der Waals surface area (Å²) in [6, 6.07) is 2.29. The Morgan fingerprint density at radius 3 is 2.19 bits per heavy atom. The fourth-order valence-corrected chi connectivity index (χ4v) is 1.89. The lowest BCUT2D eigenvalue weighted by atomic mass is 9.95. The number of hydrogen-bond donors (Lipinski definition) is 1. The number of ether oxygens (including phenoxy) is 2. The van der Waals surface area contributed by atoms with E-state index in [0.29, 0.717) is 6.07 Å². The zero-order valence-corrected chi connectivity index (χ0v) is 15.1. The summed E-state index contributed by atoms with van der Waals surface area (Å²) in [6.07, 6.45) is -4.73. The lowest BCUT2D eigenvalue weighted by molar-refractivity contribution is -0.170. The number of carboxylic acids is 1. The van der Waals surface area contributed by atoms with E-state index in [9.17, 15) is 32.7 Å². The third-order valence-electron chi connectivity index (χ3n) is 3.36. The predicted octanol–water partition coefficient (Wildman–Crippen LogP) is 3.61. The van der Waals surface area contributed by atoms with E-state index in [1.54, 1.807) is 0 Å². The molecule has 0 amide bonds. The van der Waals surface area contributed by atoms with Gasteiger partial charge < -0.3 is 14.6 Å². The van der Waals surface area contributed by atoms with Gasteiger partial charge in [0.05, 0.1) is 18.1 Å². The van der Waals surface area contributed by atoms with Crippen LogP contribution in [0.5, 0.6) is 0 Å². The maximum absolute atomic E-state index is 13.0. The summed E-state index contributed by atoms with van der Waals surface area (Å²) in [5, 5.41) is 9.41. The van der Waals surface area contributed by atoms with E-state index in [4.69, 9.17) is 4.74 Å². The highest BCUT2D eigenvalue weighted by Crippen LogP contribution is 2.34. The van der Waals surface area contributed by atoms with Gasteiger partial charge in [0.15, 0.2) is 0 Å². The summed E-state index contributed by atoms with van der Waals surface area (Å²) >= 11 is 0. The Balaban J connectivity index is 3.51. The molecule has 0 aliphatic carbocycles. The van der Waals surface area contributed by atoms with Crippen LogP contribution in [0, 0.1) is 5.41 Å². The summed E-state index contributed by atoms with van der Waals surface area (Å²) in [4.78, 5) is 34.9. The van der Waals surface area contributed by atoms with Crippen LogP contribution in [0.3, 0.4) is 0 Å². The van der Waals surface area contributed by atoms with Crippen LogP contribution in [0.15, 0.2) is 24.3 Å². The van der Waals surface area contributed by atoms with Crippen LogP contribution in [-0.4, -0.2) is 30.1 Å². The summed E-state index contributed by atoms with van der Waals surface area (Å²) in [7, 11) is 1.10. The SMILES string of the molecule is COC(=O)/C=C/c1ccc(C(F)(F)F)cc1[C@H](OC(=O)C(C)(C)C)C(=O)O. The van der Waals surface area contributed by atoms with E-state index in [0.717, 1.165) is 31.4 Å². The highest BCUT2D eigenvalue weighted by Gasteiger charge is 2.35. The zero-order valence-electron chi connectivity index (χ0n) is 15.1. The van der Waals surface area contributed by atoms with Gasteiger partial charge in [-0.2, -0.15) is 13.2 Å². The fourth-order valence-electron chi connectivity index (χ4n) is 1.89. The van der Waals surface area contributed by atoms with Crippen molar-refractivity contribution in [1.82, 2.24) is 0 Å². The van der Waals surface area contributed by atoms with Crippen LogP contribution < -0.4 is 0 Å². The molecule has 6 nitrogen and oxygen atoms in total. The van der Waals surface area contributed by atoms with Crippen molar-refractivity contribution in [3.05, 3.63) is 41.0 Å². The molecular weight excluding hydrogens is 369 g/mol. The molecule has 0 aromatic heterocycles. The molecule has 1 N–H and O–H groups in total. The molecule has 9 heteroatoms. The summed E-state index contributed by atoms with van der Waals surface area (Å²) in [5.74, 6) is -3.35. The molecule has 1 rings (SSSR count). The second kappa shape index (κ2) is 8.24. The maximum Gasteiger partial charge on any atom is 0.416 e. The molecule has 0 saturated carbocycles. The molecule has 0 saturated heterocycles. The van der Waals surface area contributed by atoms with Gasteiger partial charge in [-0.3, -0.25) is 4.79 Å². The van der Waals surface area contributed by atoms with Crippen LogP contribution in [0.4, 0.5) is 13.2 Å². The number of aliphatic carboxylic acids is 1. The van der Waals surface area contributed by atoms with E-state index in [-0.39, 0.29) is 5.56 Å². The van der Waals surface area contributed by atoms with Crippen molar-refractivity contribution in [3.8, 4) is 0 Å². The van der Waals surface area contributed by atoms with Gasteiger partial charge in [-0.05, 0) is 44.5 Å². The lowest BCUT2D eigenvalue weighted by Gasteiger charge is -2.23. The Morgan fingerprint density at radius 2 is 1.74 bits per heavy atom. The molecule has 1 atom stereocenters. The average Bonchev–Trinajstić information content (AvgIpc) is 2.55. The quantitative estimate of drug-likeness (QED) is 0.612. The second-order valence-corrected chi connectivity index (χ2v) is 6.57. The molecule has 0 aliphatic rings. The molecule has 148 valence electrons. The Kier molecular flexibility index (Phi) is 6.77. The minimum atomic E-state index is -4.74. The van der Waals surface area contributed by atoms with Crippen molar-refractivity contribution in [3.63, 3.8) is 0 Å². The number of esters is 2. The topological polar surface area (TPSA) is 89.9 Å². The first-order valence-corrected chi connectivity index (χ1v) is 7.68. The van der Waals surface area contributed by atoms with E-state index in [1.165, 1.54) is 20.8 Å². The van der Waals surface area contributed by atoms with Crippen LogP contribution in [-0.2, 0) is 30.0 Å². The number of methoxy groups -OCH3 is 1. The first-order chi connectivity index (χ1) is 12.3. The van der Waals surface area contributed by atoms with Gasteiger partial charge in [0.25, 0.3) is 0 Å². The third kappa shape index (κ3) is 6.12. The summed E-state index contributed by atoms with van der Waals surface area (Å²) in [5.41, 5.74) is -2.65. The number of benzene rings is 1. The monoisotopic (exact) mass is 388 g/mol. The molecule has 0 spiro atoms. The smallest absolute Gasteiger partial charge is 0.416 e. The lowest BCUT2D eigenvalue weighted by Crippen LogP contribution is -2.28. The highest BCUT2D eigenvalue weighted by atomic mass is 19.4. The molecule has 0 heterocycles. The van der Waals surface area contributed by atoms with Crippen molar-refractivity contribution < 1.29 is 42.1 Å². The molecule has 0 unspecified atom stereocenters. The number of halogens is 3. The summed E-state index contributed by atoms with van der Waals surface area (Å²) in [6.45, 7) is 4.41. The van der Waals surface area contributed by atoms with Gasteiger partial charge in [-0.15, -0.1) is 0 Å². The number of rotatable bonds is 5.